The molecule has 0 bridgehead atoms. The van der Waals surface area contributed by atoms with Gasteiger partial charge in [0.15, 0.2) is 0 Å². The molecule has 0 spiro atoms. The van der Waals surface area contributed by atoms with E-state index >= 15 is 0 Å². The molecule has 0 aromatic carbocycles. The van der Waals surface area contributed by atoms with E-state index in [1.807, 2.05) is 0 Å². The lowest BCUT2D eigenvalue weighted by Gasteiger charge is -2.32. The van der Waals surface area contributed by atoms with Crippen molar-refractivity contribution < 1.29 is 9.47 Å². The van der Waals surface area contributed by atoms with E-state index in [4.69, 9.17) is 9.47 Å². The third kappa shape index (κ3) is 3.96. The van der Waals surface area contributed by atoms with Gasteiger partial charge in [-0.3, -0.25) is 0 Å². The van der Waals surface area contributed by atoms with Crippen molar-refractivity contribution in [3.8, 4) is 0 Å². The summed E-state index contributed by atoms with van der Waals surface area (Å²) in [6.45, 7) is 4.99. The molecule has 0 N–H and O–H groups in total. The normalized spacial score (nSPS) is 28.6. The minimum atomic E-state index is -0.0441. The summed E-state index contributed by atoms with van der Waals surface area (Å²) in [4.78, 5) is 0.688. The molecule has 1 aliphatic rings. The Morgan fingerprint density at radius 3 is 2.46 bits per heavy atom. The third-order valence-corrected chi connectivity index (χ3v) is 3.40. The van der Waals surface area contributed by atoms with Crippen molar-refractivity contribution >= 4 is 15.9 Å². The second-order valence-corrected chi connectivity index (χ2v) is 5.57. The molecule has 0 aromatic rings. The van der Waals surface area contributed by atoms with Crippen molar-refractivity contribution in [2.75, 3.05) is 13.7 Å². The maximum absolute atomic E-state index is 5.68. The third-order valence-electron chi connectivity index (χ3n) is 2.65. The van der Waals surface area contributed by atoms with Crippen LogP contribution in [-0.4, -0.2) is 30.2 Å². The van der Waals surface area contributed by atoms with E-state index < -0.39 is 0 Å². The number of rotatable bonds is 5. The molecule has 0 heterocycles. The molecule has 1 rings (SSSR count). The van der Waals surface area contributed by atoms with Gasteiger partial charge in [-0.25, -0.2) is 0 Å². The lowest BCUT2D eigenvalue weighted by Crippen LogP contribution is -2.33. The zero-order chi connectivity index (χ0) is 9.90. The van der Waals surface area contributed by atoms with E-state index in [-0.39, 0.29) is 5.60 Å². The van der Waals surface area contributed by atoms with E-state index in [1.54, 1.807) is 7.11 Å². The number of hydrogen-bond acceptors (Lipinski definition) is 2. The monoisotopic (exact) mass is 250 g/mol. The van der Waals surface area contributed by atoms with Crippen molar-refractivity contribution in [2.45, 2.75) is 49.6 Å². The van der Waals surface area contributed by atoms with Gasteiger partial charge in [0.05, 0.1) is 11.7 Å². The molecule has 2 nitrogen and oxygen atoms in total. The fourth-order valence-corrected chi connectivity index (χ4v) is 2.04. The predicted molar refractivity (Wildman–Crippen MR) is 57.4 cm³/mol. The predicted octanol–water partition coefficient (Wildman–Crippen LogP) is 2.74. The average Bonchev–Trinajstić information content (AvgIpc) is 2.01. The average molecular weight is 251 g/mol. The van der Waals surface area contributed by atoms with Gasteiger partial charge in [-0.2, -0.15) is 0 Å². The van der Waals surface area contributed by atoms with Crippen molar-refractivity contribution in [1.29, 1.82) is 0 Å². The summed E-state index contributed by atoms with van der Waals surface area (Å²) in [6.07, 6.45) is 3.77. The summed E-state index contributed by atoms with van der Waals surface area (Å²) in [7, 11) is 1.75. The van der Waals surface area contributed by atoms with E-state index in [2.05, 4.69) is 29.8 Å². The van der Waals surface area contributed by atoms with Crippen molar-refractivity contribution in [3.63, 3.8) is 0 Å². The van der Waals surface area contributed by atoms with Gasteiger partial charge < -0.3 is 9.47 Å². The van der Waals surface area contributed by atoms with Crippen LogP contribution in [0.15, 0.2) is 0 Å². The molecule has 1 saturated carbocycles. The fourth-order valence-electron chi connectivity index (χ4n) is 1.21. The van der Waals surface area contributed by atoms with Gasteiger partial charge in [0, 0.05) is 18.5 Å². The van der Waals surface area contributed by atoms with Crippen LogP contribution in [0.1, 0.15) is 33.1 Å². The Balaban J connectivity index is 2.01. The molecule has 1 aliphatic carbocycles. The number of hydrogen-bond donors (Lipinski definition) is 0. The highest BCUT2D eigenvalue weighted by molar-refractivity contribution is 9.09. The topological polar surface area (TPSA) is 18.5 Å². The Hall–Kier alpha value is 0.400. The maximum Gasteiger partial charge on any atom is 0.0644 e. The molecule has 0 aromatic heterocycles. The zero-order valence-corrected chi connectivity index (χ0v) is 10.3. The first-order valence-corrected chi connectivity index (χ1v) is 5.76. The Morgan fingerprint density at radius 1 is 1.38 bits per heavy atom. The molecule has 78 valence electrons. The zero-order valence-electron chi connectivity index (χ0n) is 8.68. The Bertz CT molecular complexity index is 153. The van der Waals surface area contributed by atoms with E-state index in [9.17, 15) is 0 Å². The van der Waals surface area contributed by atoms with Crippen LogP contribution in [0.25, 0.3) is 0 Å². The number of methoxy groups -OCH3 is 1. The largest absolute Gasteiger partial charge is 0.379 e. The molecule has 1 fully saturated rings. The van der Waals surface area contributed by atoms with Crippen molar-refractivity contribution in [2.24, 2.45) is 0 Å². The SMILES string of the molecule is COC(C)(C)CCOC1CC(Br)C1. The van der Waals surface area contributed by atoms with Crippen LogP contribution in [0, 0.1) is 0 Å². The number of alkyl halides is 1. The summed E-state index contributed by atoms with van der Waals surface area (Å²) >= 11 is 3.54. The summed E-state index contributed by atoms with van der Waals surface area (Å²) in [6, 6.07) is 0. The molecule has 3 heteroatoms. The quantitative estimate of drug-likeness (QED) is 0.699. The molecule has 0 saturated heterocycles. The van der Waals surface area contributed by atoms with E-state index in [0.717, 1.165) is 25.9 Å². The lowest BCUT2D eigenvalue weighted by atomic mass is 9.96. The van der Waals surface area contributed by atoms with Crippen molar-refractivity contribution in [1.82, 2.24) is 0 Å². The molecular formula is C10H19BrO2. The summed E-state index contributed by atoms with van der Waals surface area (Å²) in [5.41, 5.74) is -0.0441. The van der Waals surface area contributed by atoms with Crippen LogP contribution in [0.4, 0.5) is 0 Å². The highest BCUT2D eigenvalue weighted by atomic mass is 79.9. The first-order chi connectivity index (χ1) is 6.03. The molecule has 13 heavy (non-hydrogen) atoms. The molecular weight excluding hydrogens is 232 g/mol. The van der Waals surface area contributed by atoms with Gasteiger partial charge >= 0.3 is 0 Å². The van der Waals surface area contributed by atoms with Crippen LogP contribution >= 0.6 is 15.9 Å². The van der Waals surface area contributed by atoms with Gasteiger partial charge in [0.2, 0.25) is 0 Å². The lowest BCUT2D eigenvalue weighted by molar-refractivity contribution is -0.0430. The van der Waals surface area contributed by atoms with Gasteiger partial charge in [0.1, 0.15) is 0 Å². The second-order valence-electron chi connectivity index (χ2n) is 4.28. The number of ether oxygens (including phenoxy) is 2. The summed E-state index contributed by atoms with van der Waals surface area (Å²) in [5.74, 6) is 0. The Morgan fingerprint density at radius 2 is 2.00 bits per heavy atom. The van der Waals surface area contributed by atoms with Crippen LogP contribution in [0.2, 0.25) is 0 Å². The number of halogens is 1. The smallest absolute Gasteiger partial charge is 0.0644 e. The maximum atomic E-state index is 5.68. The van der Waals surface area contributed by atoms with Crippen LogP contribution in [-0.2, 0) is 9.47 Å². The minimum absolute atomic E-state index is 0.0441. The molecule has 0 unspecified atom stereocenters. The van der Waals surface area contributed by atoms with Gasteiger partial charge in [0.25, 0.3) is 0 Å². The van der Waals surface area contributed by atoms with Crippen LogP contribution < -0.4 is 0 Å². The van der Waals surface area contributed by atoms with Crippen LogP contribution in [0.5, 0.6) is 0 Å². The van der Waals surface area contributed by atoms with Gasteiger partial charge in [-0.05, 0) is 33.1 Å². The fraction of sp³-hybridized carbons (Fsp3) is 1.00. The molecule has 0 aliphatic heterocycles. The molecule has 0 amide bonds. The standard InChI is InChI=1S/C10H19BrO2/c1-10(2,12-3)4-5-13-9-6-8(11)7-9/h8-9H,4-7H2,1-3H3. The van der Waals surface area contributed by atoms with Gasteiger partial charge in [-0.15, -0.1) is 0 Å². The van der Waals surface area contributed by atoms with Gasteiger partial charge in [-0.1, -0.05) is 15.9 Å². The molecule has 0 atom stereocenters. The Kier molecular flexibility index (Phi) is 4.20. The van der Waals surface area contributed by atoms with E-state index in [0.29, 0.717) is 10.9 Å². The van der Waals surface area contributed by atoms with Crippen LogP contribution in [0.3, 0.4) is 0 Å². The first kappa shape index (κ1) is 11.5. The highest BCUT2D eigenvalue weighted by Crippen LogP contribution is 2.30. The highest BCUT2D eigenvalue weighted by Gasteiger charge is 2.28. The second kappa shape index (κ2) is 4.76. The summed E-state index contributed by atoms with van der Waals surface area (Å²) < 4.78 is 11.0. The molecule has 0 radical (unpaired) electrons. The first-order valence-electron chi connectivity index (χ1n) is 4.84. The summed E-state index contributed by atoms with van der Waals surface area (Å²) in [5, 5.41) is 0. The minimum Gasteiger partial charge on any atom is -0.379 e. The van der Waals surface area contributed by atoms with Crippen molar-refractivity contribution in [3.05, 3.63) is 0 Å². The van der Waals surface area contributed by atoms with E-state index in [1.165, 1.54) is 0 Å². The Labute approximate surface area is 89.1 Å².